The molecule has 0 radical (unpaired) electrons. The van der Waals surface area contributed by atoms with E-state index in [1.807, 2.05) is 38.2 Å². The molecular weight excluding hydrogens is 307 g/mol. The quantitative estimate of drug-likeness (QED) is 0.820. The summed E-state index contributed by atoms with van der Waals surface area (Å²) in [5.41, 5.74) is 2.32. The van der Waals surface area contributed by atoms with Crippen LogP contribution in [0.15, 0.2) is 42.5 Å². The summed E-state index contributed by atoms with van der Waals surface area (Å²) in [6.45, 7) is 2.62. The number of rotatable bonds is 7. The Morgan fingerprint density at radius 3 is 2.67 bits per heavy atom. The highest BCUT2D eigenvalue weighted by molar-refractivity contribution is 5.95. The Labute approximate surface area is 142 Å². The molecule has 0 heterocycles. The monoisotopic (exact) mass is 330 g/mol. The maximum Gasteiger partial charge on any atom is 0.252 e. The predicted molar refractivity (Wildman–Crippen MR) is 92.9 cm³/mol. The lowest BCUT2D eigenvalue weighted by atomic mass is 10.0. The minimum absolute atomic E-state index is 0.162. The van der Waals surface area contributed by atoms with Crippen molar-refractivity contribution in [2.75, 3.05) is 20.7 Å². The van der Waals surface area contributed by atoms with Crippen LogP contribution in [0, 0.1) is 5.82 Å². The van der Waals surface area contributed by atoms with Gasteiger partial charge in [-0.25, -0.2) is 4.39 Å². The minimum atomic E-state index is -0.439. The van der Waals surface area contributed by atoms with Crippen LogP contribution in [0.4, 0.5) is 4.39 Å². The smallest absolute Gasteiger partial charge is 0.252 e. The first-order valence-corrected chi connectivity index (χ1v) is 7.93. The predicted octanol–water partition coefficient (Wildman–Crippen LogP) is 3.09. The molecule has 5 heteroatoms. The van der Waals surface area contributed by atoms with Gasteiger partial charge in [0.2, 0.25) is 0 Å². The number of benzene rings is 2. The van der Waals surface area contributed by atoms with Gasteiger partial charge in [-0.3, -0.25) is 4.79 Å². The largest absolute Gasteiger partial charge is 0.494 e. The molecule has 1 unspecified atom stereocenters. The lowest BCUT2D eigenvalue weighted by Gasteiger charge is -2.17. The average Bonchev–Trinajstić information content (AvgIpc) is 2.60. The molecule has 128 valence electrons. The van der Waals surface area contributed by atoms with Gasteiger partial charge in [-0.15, -0.1) is 0 Å². The molecule has 2 aromatic carbocycles. The van der Waals surface area contributed by atoms with E-state index >= 15 is 0 Å². The van der Waals surface area contributed by atoms with E-state index in [1.165, 1.54) is 13.2 Å². The Morgan fingerprint density at radius 1 is 1.25 bits per heavy atom. The molecule has 0 spiro atoms. The third-order valence-electron chi connectivity index (χ3n) is 3.93. The standard InChI is InChI=1S/C19H23FN2O2/c1-13(15-8-9-18(24-3)17(20)12-15)22-19(23)16-7-5-4-6-14(16)10-11-21-2/h4-9,12-13,21H,10-11H2,1-3H3,(H,22,23). The molecule has 1 atom stereocenters. The zero-order valence-electron chi connectivity index (χ0n) is 14.2. The molecule has 0 saturated heterocycles. The first kappa shape index (κ1) is 17.9. The number of likely N-dealkylation sites (N-methyl/N-ethyl adjacent to an activating group) is 1. The highest BCUT2D eigenvalue weighted by Crippen LogP contribution is 2.22. The number of methoxy groups -OCH3 is 1. The van der Waals surface area contributed by atoms with Gasteiger partial charge in [-0.1, -0.05) is 24.3 Å². The lowest BCUT2D eigenvalue weighted by Crippen LogP contribution is -2.28. The van der Waals surface area contributed by atoms with Crippen LogP contribution in [-0.4, -0.2) is 26.6 Å². The summed E-state index contributed by atoms with van der Waals surface area (Å²) in [6, 6.07) is 11.9. The summed E-state index contributed by atoms with van der Waals surface area (Å²) in [7, 11) is 3.30. The average molecular weight is 330 g/mol. The van der Waals surface area contributed by atoms with Crippen LogP contribution in [0.3, 0.4) is 0 Å². The Bertz CT molecular complexity index is 704. The van der Waals surface area contributed by atoms with Crippen molar-refractivity contribution in [1.29, 1.82) is 0 Å². The molecule has 0 aromatic heterocycles. The second kappa shape index (κ2) is 8.45. The molecule has 0 aliphatic heterocycles. The van der Waals surface area contributed by atoms with E-state index < -0.39 is 5.82 Å². The van der Waals surface area contributed by atoms with Crippen LogP contribution >= 0.6 is 0 Å². The number of nitrogens with one attached hydrogen (secondary N) is 2. The number of halogens is 1. The maximum atomic E-state index is 13.8. The molecule has 2 aromatic rings. The van der Waals surface area contributed by atoms with Crippen molar-refractivity contribution in [3.05, 3.63) is 65.0 Å². The van der Waals surface area contributed by atoms with Crippen molar-refractivity contribution in [2.45, 2.75) is 19.4 Å². The summed E-state index contributed by atoms with van der Waals surface area (Å²) < 4.78 is 18.7. The Hall–Kier alpha value is -2.40. The van der Waals surface area contributed by atoms with Crippen LogP contribution in [0.2, 0.25) is 0 Å². The molecule has 0 aliphatic rings. The van der Waals surface area contributed by atoms with Crippen LogP contribution in [0.25, 0.3) is 0 Å². The Balaban J connectivity index is 2.13. The van der Waals surface area contributed by atoms with Crippen molar-refractivity contribution < 1.29 is 13.9 Å². The number of hydrogen-bond donors (Lipinski definition) is 2. The second-order valence-corrected chi connectivity index (χ2v) is 5.60. The highest BCUT2D eigenvalue weighted by Gasteiger charge is 2.15. The molecule has 1 amide bonds. The van der Waals surface area contributed by atoms with Gasteiger partial charge in [0.1, 0.15) is 0 Å². The SMILES string of the molecule is CNCCc1ccccc1C(=O)NC(C)c1ccc(OC)c(F)c1. The first-order chi connectivity index (χ1) is 11.6. The van der Waals surface area contributed by atoms with Gasteiger partial charge in [-0.2, -0.15) is 0 Å². The normalized spacial score (nSPS) is 11.8. The molecule has 0 saturated carbocycles. The summed E-state index contributed by atoms with van der Waals surface area (Å²) in [4.78, 5) is 12.6. The van der Waals surface area contributed by atoms with E-state index in [-0.39, 0.29) is 17.7 Å². The van der Waals surface area contributed by atoms with Crippen LogP contribution in [-0.2, 0) is 6.42 Å². The van der Waals surface area contributed by atoms with Crippen molar-refractivity contribution in [3.8, 4) is 5.75 Å². The molecule has 0 bridgehead atoms. The maximum absolute atomic E-state index is 13.8. The van der Waals surface area contributed by atoms with Crippen LogP contribution < -0.4 is 15.4 Å². The number of ether oxygens (including phenoxy) is 1. The molecule has 0 aliphatic carbocycles. The third-order valence-corrected chi connectivity index (χ3v) is 3.93. The molecule has 2 rings (SSSR count). The number of carbonyl (C=O) groups excluding carboxylic acids is 1. The zero-order chi connectivity index (χ0) is 17.5. The fourth-order valence-electron chi connectivity index (χ4n) is 2.53. The lowest BCUT2D eigenvalue weighted by molar-refractivity contribution is 0.0939. The number of hydrogen-bond acceptors (Lipinski definition) is 3. The van der Waals surface area contributed by atoms with E-state index in [1.54, 1.807) is 12.1 Å². The fourth-order valence-corrected chi connectivity index (χ4v) is 2.53. The van der Waals surface area contributed by atoms with Gasteiger partial charge in [-0.05, 0) is 56.3 Å². The topological polar surface area (TPSA) is 50.4 Å². The van der Waals surface area contributed by atoms with Gasteiger partial charge in [0, 0.05) is 5.56 Å². The first-order valence-electron chi connectivity index (χ1n) is 7.93. The zero-order valence-corrected chi connectivity index (χ0v) is 14.2. The van der Waals surface area contributed by atoms with Crippen LogP contribution in [0.5, 0.6) is 5.75 Å². The summed E-state index contributed by atoms with van der Waals surface area (Å²) in [5.74, 6) is -0.411. The summed E-state index contributed by atoms with van der Waals surface area (Å²) >= 11 is 0. The van der Waals surface area contributed by atoms with E-state index in [0.29, 0.717) is 11.1 Å². The molecule has 2 N–H and O–H groups in total. The summed E-state index contributed by atoms with van der Waals surface area (Å²) in [5, 5.41) is 6.01. The molecule has 24 heavy (non-hydrogen) atoms. The van der Waals surface area contributed by atoms with Gasteiger partial charge in [0.15, 0.2) is 11.6 Å². The Morgan fingerprint density at radius 2 is 2.00 bits per heavy atom. The van der Waals surface area contributed by atoms with Gasteiger partial charge < -0.3 is 15.4 Å². The van der Waals surface area contributed by atoms with E-state index in [2.05, 4.69) is 10.6 Å². The van der Waals surface area contributed by atoms with Crippen molar-refractivity contribution in [3.63, 3.8) is 0 Å². The molecule has 4 nitrogen and oxygen atoms in total. The van der Waals surface area contributed by atoms with Crippen molar-refractivity contribution in [2.24, 2.45) is 0 Å². The molecular formula is C19H23FN2O2. The molecule has 0 fully saturated rings. The second-order valence-electron chi connectivity index (χ2n) is 5.60. The van der Waals surface area contributed by atoms with Crippen LogP contribution in [0.1, 0.15) is 34.5 Å². The minimum Gasteiger partial charge on any atom is -0.494 e. The highest BCUT2D eigenvalue weighted by atomic mass is 19.1. The number of amides is 1. The van der Waals surface area contributed by atoms with Gasteiger partial charge in [0.05, 0.1) is 13.2 Å². The van der Waals surface area contributed by atoms with Crippen molar-refractivity contribution in [1.82, 2.24) is 10.6 Å². The fraction of sp³-hybridized carbons (Fsp3) is 0.316. The number of carbonyl (C=O) groups is 1. The van der Waals surface area contributed by atoms with E-state index in [9.17, 15) is 9.18 Å². The third kappa shape index (κ3) is 4.32. The van der Waals surface area contributed by atoms with Gasteiger partial charge in [0.25, 0.3) is 5.91 Å². The Kier molecular flexibility index (Phi) is 6.32. The van der Waals surface area contributed by atoms with Crippen molar-refractivity contribution >= 4 is 5.91 Å². The summed E-state index contributed by atoms with van der Waals surface area (Å²) in [6.07, 6.45) is 0.769. The van der Waals surface area contributed by atoms with E-state index in [4.69, 9.17) is 4.74 Å². The van der Waals surface area contributed by atoms with Gasteiger partial charge >= 0.3 is 0 Å². The van der Waals surface area contributed by atoms with E-state index in [0.717, 1.165) is 18.5 Å².